The SMILES string of the molecule is Cc1cc(N=Nc2c(C)c(C#N)c3nc4ccccc4n3c2O)c(OCCCS(=O)(=O)O)cc1N=Nc1cc(C)c(N=Nc2ccc(S(=O)(=O)O)cc2S(=O)(=O)O)cc1OCCCS(=O)(=O)O. The van der Waals surface area contributed by atoms with E-state index >= 15 is 0 Å². The summed E-state index contributed by atoms with van der Waals surface area (Å²) in [5.74, 6) is -1.74. The smallest absolute Gasteiger partial charge is 0.296 e. The Morgan fingerprint density at radius 3 is 1.66 bits per heavy atom. The van der Waals surface area contributed by atoms with E-state index < -0.39 is 67.5 Å². The number of para-hydroxylation sites is 2. The lowest BCUT2D eigenvalue weighted by Crippen LogP contribution is -2.08. The van der Waals surface area contributed by atoms with Gasteiger partial charge in [-0.1, -0.05) is 12.1 Å². The fourth-order valence-corrected chi connectivity index (χ4v) is 8.45. The number of aryl methyl sites for hydroxylation is 2. The number of pyridine rings is 1. The molecule has 2 heterocycles. The van der Waals surface area contributed by atoms with Gasteiger partial charge in [0.15, 0.2) is 11.3 Å². The predicted molar refractivity (Wildman–Crippen MR) is 238 cm³/mol. The van der Waals surface area contributed by atoms with Crippen molar-refractivity contribution in [1.29, 1.82) is 5.26 Å². The van der Waals surface area contributed by atoms with E-state index in [1.807, 2.05) is 0 Å². The Bertz CT molecular complexity index is 3550. The van der Waals surface area contributed by atoms with E-state index in [0.717, 1.165) is 12.1 Å². The summed E-state index contributed by atoms with van der Waals surface area (Å²) in [6, 6.07) is 16.8. The minimum Gasteiger partial charge on any atom is -0.493 e. The summed E-state index contributed by atoms with van der Waals surface area (Å²) in [6.07, 6.45) is -0.336. The summed E-state index contributed by atoms with van der Waals surface area (Å²) in [5.41, 5.74) is 2.02. The Morgan fingerprint density at radius 1 is 0.642 bits per heavy atom. The van der Waals surface area contributed by atoms with Gasteiger partial charge >= 0.3 is 0 Å². The molecule has 0 aliphatic carbocycles. The van der Waals surface area contributed by atoms with Crippen LogP contribution in [0.5, 0.6) is 17.4 Å². The second kappa shape index (κ2) is 19.6. The Kier molecular flexibility index (Phi) is 14.5. The molecular weight excluding hydrogens is 963 g/mol. The zero-order chi connectivity index (χ0) is 49.1. The first-order valence-electron chi connectivity index (χ1n) is 19.2. The molecule has 0 unspecified atom stereocenters. The quantitative estimate of drug-likeness (QED) is 0.0309. The molecule has 0 radical (unpaired) electrons. The highest BCUT2D eigenvalue weighted by molar-refractivity contribution is 7.87. The second-order valence-electron chi connectivity index (χ2n) is 14.4. The number of ether oxygens (including phenoxy) is 2. The van der Waals surface area contributed by atoms with E-state index in [0.29, 0.717) is 28.2 Å². The van der Waals surface area contributed by atoms with E-state index in [9.17, 15) is 62.3 Å². The van der Waals surface area contributed by atoms with Gasteiger partial charge < -0.3 is 14.6 Å². The second-order valence-corrected chi connectivity index (χ2v) is 20.4. The van der Waals surface area contributed by atoms with Crippen LogP contribution in [0.15, 0.2) is 107 Å². The van der Waals surface area contributed by atoms with E-state index in [1.165, 1.54) is 35.6 Å². The van der Waals surface area contributed by atoms with Crippen LogP contribution in [-0.4, -0.2) is 91.1 Å². The lowest BCUT2D eigenvalue weighted by Gasteiger charge is -2.12. The number of azo groups is 3. The summed E-state index contributed by atoms with van der Waals surface area (Å²) in [7, 11) is -18.7. The first-order valence-corrected chi connectivity index (χ1v) is 25.3. The molecule has 0 saturated carbocycles. The zero-order valence-corrected chi connectivity index (χ0v) is 38.3. The molecule has 0 amide bonds. The number of nitrogens with zero attached hydrogens (tertiary/aromatic N) is 9. The maximum atomic E-state index is 12.1. The van der Waals surface area contributed by atoms with Crippen molar-refractivity contribution in [2.24, 2.45) is 30.7 Å². The number of fused-ring (bicyclic) bond motifs is 3. The third-order valence-electron chi connectivity index (χ3n) is 9.51. The van der Waals surface area contributed by atoms with Gasteiger partial charge in [-0.25, -0.2) is 4.98 Å². The molecule has 4 aromatic carbocycles. The van der Waals surface area contributed by atoms with Crippen LogP contribution in [0.2, 0.25) is 0 Å². The number of rotatable bonds is 18. The fourth-order valence-electron chi connectivity index (χ4n) is 6.26. The van der Waals surface area contributed by atoms with Crippen LogP contribution in [0.4, 0.5) is 34.1 Å². The topological polar surface area (TPSA) is 371 Å². The number of imidazole rings is 1. The Hall–Kier alpha value is -6.84. The van der Waals surface area contributed by atoms with Crippen molar-refractivity contribution in [3.05, 3.63) is 89.0 Å². The number of benzene rings is 4. The monoisotopic (exact) mass is 999 g/mol. The van der Waals surface area contributed by atoms with Gasteiger partial charge in [-0.2, -0.15) is 49.2 Å². The van der Waals surface area contributed by atoms with Crippen molar-refractivity contribution >= 4 is 91.3 Å². The van der Waals surface area contributed by atoms with Gasteiger partial charge in [-0.3, -0.25) is 22.6 Å². The third-order valence-corrected chi connectivity index (χ3v) is 12.9. The summed E-state index contributed by atoms with van der Waals surface area (Å²) in [6.45, 7) is 4.19. The van der Waals surface area contributed by atoms with Crippen molar-refractivity contribution < 1.29 is 66.5 Å². The molecule has 6 aromatic rings. The maximum Gasteiger partial charge on any atom is 0.296 e. The van der Waals surface area contributed by atoms with Crippen LogP contribution in [0.3, 0.4) is 0 Å². The normalized spacial score (nSPS) is 12.8. The van der Waals surface area contributed by atoms with Crippen LogP contribution in [0, 0.1) is 32.1 Å². The highest BCUT2D eigenvalue weighted by Gasteiger charge is 2.23. The molecule has 0 fully saturated rings. The fraction of sp³-hybridized carbons (Fsp3) is 0.231. The van der Waals surface area contributed by atoms with E-state index in [-0.39, 0.29) is 88.6 Å². The molecule has 0 aliphatic rings. The van der Waals surface area contributed by atoms with Crippen molar-refractivity contribution in [3.8, 4) is 23.4 Å². The van der Waals surface area contributed by atoms with Crippen LogP contribution in [0.25, 0.3) is 16.7 Å². The maximum absolute atomic E-state index is 12.1. The van der Waals surface area contributed by atoms with Gasteiger partial charge in [-0.15, -0.1) is 20.5 Å². The summed E-state index contributed by atoms with van der Waals surface area (Å²) in [4.78, 5) is 2.65. The predicted octanol–water partition coefficient (Wildman–Crippen LogP) is 8.04. The van der Waals surface area contributed by atoms with Gasteiger partial charge in [-0.05, 0) is 87.2 Å². The Morgan fingerprint density at radius 2 is 1.15 bits per heavy atom. The van der Waals surface area contributed by atoms with Crippen molar-refractivity contribution in [1.82, 2.24) is 9.38 Å². The molecule has 0 bridgehead atoms. The summed E-state index contributed by atoms with van der Waals surface area (Å²) >= 11 is 0. The van der Waals surface area contributed by atoms with Gasteiger partial charge in [0.05, 0.1) is 52.0 Å². The number of hydrogen-bond donors (Lipinski definition) is 5. The third kappa shape index (κ3) is 12.1. The van der Waals surface area contributed by atoms with Gasteiger partial charge in [0.2, 0.25) is 5.88 Å². The molecule has 24 nitrogen and oxygen atoms in total. The molecule has 0 saturated heterocycles. The van der Waals surface area contributed by atoms with Crippen LogP contribution in [-0.2, 0) is 40.5 Å². The molecule has 28 heteroatoms. The molecule has 6 rings (SSSR count). The first kappa shape index (κ1) is 49.6. The van der Waals surface area contributed by atoms with Crippen LogP contribution < -0.4 is 9.47 Å². The lowest BCUT2D eigenvalue weighted by atomic mass is 10.1. The van der Waals surface area contributed by atoms with Gasteiger partial charge in [0.1, 0.15) is 45.1 Å². The molecule has 2 aromatic heterocycles. The van der Waals surface area contributed by atoms with E-state index in [1.54, 1.807) is 38.1 Å². The number of nitriles is 1. The Balaban J connectivity index is 1.40. The average molecular weight is 1000 g/mol. The summed E-state index contributed by atoms with van der Waals surface area (Å²) < 4.78 is 144. The average Bonchev–Trinajstić information content (AvgIpc) is 3.62. The lowest BCUT2D eigenvalue weighted by molar-refractivity contribution is 0.317. The number of aromatic nitrogens is 2. The highest BCUT2D eigenvalue weighted by Crippen LogP contribution is 2.42. The van der Waals surface area contributed by atoms with Crippen molar-refractivity contribution in [2.75, 3.05) is 24.7 Å². The molecule has 0 aliphatic heterocycles. The molecule has 67 heavy (non-hydrogen) atoms. The highest BCUT2D eigenvalue weighted by atomic mass is 32.2. The largest absolute Gasteiger partial charge is 0.493 e. The molecule has 0 atom stereocenters. The van der Waals surface area contributed by atoms with Crippen molar-refractivity contribution in [2.45, 2.75) is 43.4 Å². The van der Waals surface area contributed by atoms with Gasteiger partial charge in [0, 0.05) is 17.7 Å². The summed E-state index contributed by atoms with van der Waals surface area (Å²) in [5, 5.41) is 46.7. The van der Waals surface area contributed by atoms with Crippen molar-refractivity contribution in [3.63, 3.8) is 0 Å². The van der Waals surface area contributed by atoms with Crippen LogP contribution >= 0.6 is 0 Å². The molecule has 5 N–H and O–H groups in total. The number of aromatic hydroxyl groups is 1. The Labute approximate surface area is 382 Å². The number of hydrogen-bond acceptors (Lipinski definition) is 19. The minimum atomic E-state index is -5.09. The minimum absolute atomic E-state index is 0.00652. The molecule has 352 valence electrons. The first-order chi connectivity index (χ1) is 31.3. The van der Waals surface area contributed by atoms with Gasteiger partial charge in [0.25, 0.3) is 40.5 Å². The van der Waals surface area contributed by atoms with E-state index in [4.69, 9.17) is 9.47 Å². The molecular formula is C39H37N9O15S4. The zero-order valence-electron chi connectivity index (χ0n) is 35.1. The standard InChI is InChI=1S/C39H37N9O15S4/c1-22-16-31(34(62-12-6-14-64(50,51)52)19-29(22)43-42-28-11-10-25(66(56,57)58)18-36(28)67(59,60)61)45-44-30-20-35(63-13-7-15-65(53,54)55)32(17-23(30)2)46-47-37-24(3)26(21-40)38-41-27-8-4-5-9-33(27)48(38)39(37)49/h4-5,8-11,16-20,49H,6-7,12-15H2,1-3H3,(H,50,51,52)(H,53,54,55)(H,56,57,58)(H,59,60,61). The van der Waals surface area contributed by atoms with E-state index in [2.05, 4.69) is 41.7 Å². The van der Waals surface area contributed by atoms with Crippen LogP contribution in [0.1, 0.15) is 35.1 Å². The molecule has 0 spiro atoms.